The summed E-state index contributed by atoms with van der Waals surface area (Å²) in [5, 5.41) is 3.31. The van der Waals surface area contributed by atoms with Gasteiger partial charge in [-0.2, -0.15) is 0 Å². The molecule has 1 aromatic carbocycles. The van der Waals surface area contributed by atoms with Gasteiger partial charge in [0.25, 0.3) is 0 Å². The fourth-order valence-electron chi connectivity index (χ4n) is 2.19. The van der Waals surface area contributed by atoms with E-state index in [0.29, 0.717) is 6.04 Å². The number of nitrogens with one attached hydrogen (secondary N) is 1. The summed E-state index contributed by atoms with van der Waals surface area (Å²) >= 11 is 0. The van der Waals surface area contributed by atoms with E-state index in [1.807, 2.05) is 7.05 Å². The topological polar surface area (TPSA) is 15.3 Å². The highest BCUT2D eigenvalue weighted by Crippen LogP contribution is 2.30. The van der Waals surface area contributed by atoms with Crippen molar-refractivity contribution in [1.82, 2.24) is 5.32 Å². The largest absolute Gasteiger partial charge is 0.371 e. The van der Waals surface area contributed by atoms with E-state index in [1.165, 1.54) is 24.3 Å². The Kier molecular flexibility index (Phi) is 2.96. The first-order valence-corrected chi connectivity index (χ1v) is 5.73. The molecular formula is C13H20N2. The number of para-hydroxylation sites is 1. The molecule has 2 nitrogen and oxygen atoms in total. The first-order chi connectivity index (χ1) is 7.22. The lowest BCUT2D eigenvalue weighted by Crippen LogP contribution is -2.45. The molecule has 0 spiro atoms. The Morgan fingerprint density at radius 2 is 2.00 bits per heavy atom. The third kappa shape index (κ3) is 2.00. The molecule has 2 heteroatoms. The van der Waals surface area contributed by atoms with Crippen molar-refractivity contribution in [2.24, 2.45) is 5.92 Å². The van der Waals surface area contributed by atoms with Crippen LogP contribution in [0.4, 0.5) is 5.69 Å². The Morgan fingerprint density at radius 1 is 1.33 bits per heavy atom. The Balaban J connectivity index is 2.22. The normalized spacial score (nSPS) is 18.7. The summed E-state index contributed by atoms with van der Waals surface area (Å²) in [7, 11) is 2.01. The molecule has 0 amide bonds. The second-order valence-electron chi connectivity index (χ2n) is 4.58. The molecule has 0 aliphatic carbocycles. The van der Waals surface area contributed by atoms with E-state index < -0.39 is 0 Å². The molecule has 0 aromatic heterocycles. The third-order valence-electron chi connectivity index (χ3n) is 3.24. The zero-order chi connectivity index (χ0) is 10.8. The van der Waals surface area contributed by atoms with Crippen molar-refractivity contribution in [3.63, 3.8) is 0 Å². The molecule has 15 heavy (non-hydrogen) atoms. The van der Waals surface area contributed by atoms with Gasteiger partial charge in [0.05, 0.1) is 0 Å². The third-order valence-corrected chi connectivity index (χ3v) is 3.24. The van der Waals surface area contributed by atoms with Crippen LogP contribution in [0.5, 0.6) is 0 Å². The van der Waals surface area contributed by atoms with Crippen molar-refractivity contribution in [3.05, 3.63) is 29.8 Å². The Labute approximate surface area is 92.3 Å². The molecule has 1 aliphatic rings. The monoisotopic (exact) mass is 204 g/mol. The Morgan fingerprint density at radius 3 is 2.60 bits per heavy atom. The maximum Gasteiger partial charge on any atom is 0.0414 e. The second-order valence-corrected chi connectivity index (χ2v) is 4.58. The molecule has 0 radical (unpaired) electrons. The molecule has 0 bridgehead atoms. The van der Waals surface area contributed by atoms with E-state index in [4.69, 9.17) is 0 Å². The highest BCUT2D eigenvalue weighted by atomic mass is 15.2. The van der Waals surface area contributed by atoms with Crippen LogP contribution in [0, 0.1) is 5.92 Å². The summed E-state index contributed by atoms with van der Waals surface area (Å²) < 4.78 is 0. The molecule has 1 aromatic rings. The standard InChI is InChI=1S/C13H20N2/c1-10-8-15(9-10)13-7-5-4-6-12(13)11(2)14-3/h4-7,10-11,14H,8-9H2,1-3H3. The predicted molar refractivity (Wildman–Crippen MR) is 65.3 cm³/mol. The van der Waals surface area contributed by atoms with Gasteiger partial charge in [0.1, 0.15) is 0 Å². The van der Waals surface area contributed by atoms with Gasteiger partial charge in [0, 0.05) is 24.8 Å². The number of hydrogen-bond donors (Lipinski definition) is 1. The lowest BCUT2D eigenvalue weighted by Gasteiger charge is -2.41. The summed E-state index contributed by atoms with van der Waals surface area (Å²) in [6.45, 7) is 6.92. The van der Waals surface area contributed by atoms with E-state index in [1.54, 1.807) is 0 Å². The molecule has 1 fully saturated rings. The van der Waals surface area contributed by atoms with Gasteiger partial charge in [-0.25, -0.2) is 0 Å². The molecule has 0 saturated carbocycles. The first kappa shape index (κ1) is 10.5. The van der Waals surface area contributed by atoms with Crippen molar-refractivity contribution in [1.29, 1.82) is 0 Å². The van der Waals surface area contributed by atoms with Gasteiger partial charge < -0.3 is 10.2 Å². The minimum Gasteiger partial charge on any atom is -0.371 e. The predicted octanol–water partition coefficient (Wildman–Crippen LogP) is 2.42. The number of rotatable bonds is 3. The molecular weight excluding hydrogens is 184 g/mol. The highest BCUT2D eigenvalue weighted by Gasteiger charge is 2.25. The quantitative estimate of drug-likeness (QED) is 0.813. The van der Waals surface area contributed by atoms with Crippen molar-refractivity contribution < 1.29 is 0 Å². The summed E-state index contributed by atoms with van der Waals surface area (Å²) in [5.74, 6) is 0.850. The number of benzene rings is 1. The van der Waals surface area contributed by atoms with E-state index >= 15 is 0 Å². The lowest BCUT2D eigenvalue weighted by molar-refractivity contribution is 0.444. The van der Waals surface area contributed by atoms with Crippen molar-refractivity contribution in [2.75, 3.05) is 25.0 Å². The minimum atomic E-state index is 0.428. The SMILES string of the molecule is CNC(C)c1ccccc1N1CC(C)C1. The summed E-state index contributed by atoms with van der Waals surface area (Å²) in [4.78, 5) is 2.47. The van der Waals surface area contributed by atoms with Crippen molar-refractivity contribution in [2.45, 2.75) is 19.9 Å². The average molecular weight is 204 g/mol. The van der Waals surface area contributed by atoms with Crippen LogP contribution < -0.4 is 10.2 Å². The van der Waals surface area contributed by atoms with Gasteiger partial charge in [-0.05, 0) is 31.5 Å². The fraction of sp³-hybridized carbons (Fsp3) is 0.538. The average Bonchev–Trinajstić information content (AvgIpc) is 2.24. The first-order valence-electron chi connectivity index (χ1n) is 5.73. The summed E-state index contributed by atoms with van der Waals surface area (Å²) in [6.07, 6.45) is 0. The van der Waals surface area contributed by atoms with Crippen LogP contribution in [-0.2, 0) is 0 Å². The number of anilines is 1. The zero-order valence-electron chi connectivity index (χ0n) is 9.83. The van der Waals surface area contributed by atoms with Crippen LogP contribution in [0.3, 0.4) is 0 Å². The lowest BCUT2D eigenvalue weighted by atomic mass is 9.98. The van der Waals surface area contributed by atoms with Crippen LogP contribution in [0.2, 0.25) is 0 Å². The molecule has 1 saturated heterocycles. The maximum atomic E-state index is 3.31. The maximum absolute atomic E-state index is 3.31. The van der Waals surface area contributed by atoms with Crippen LogP contribution in [0.15, 0.2) is 24.3 Å². The van der Waals surface area contributed by atoms with Crippen molar-refractivity contribution >= 4 is 5.69 Å². The van der Waals surface area contributed by atoms with Crippen LogP contribution in [0.25, 0.3) is 0 Å². The summed E-state index contributed by atoms with van der Waals surface area (Å²) in [5.41, 5.74) is 2.81. The van der Waals surface area contributed by atoms with Gasteiger partial charge >= 0.3 is 0 Å². The second kappa shape index (κ2) is 4.23. The molecule has 1 unspecified atom stereocenters. The molecule has 2 rings (SSSR count). The molecule has 1 N–H and O–H groups in total. The zero-order valence-corrected chi connectivity index (χ0v) is 9.83. The highest BCUT2D eigenvalue weighted by molar-refractivity contribution is 5.56. The van der Waals surface area contributed by atoms with Gasteiger partial charge in [-0.3, -0.25) is 0 Å². The van der Waals surface area contributed by atoms with Crippen molar-refractivity contribution in [3.8, 4) is 0 Å². The minimum absolute atomic E-state index is 0.428. The van der Waals surface area contributed by atoms with Crippen LogP contribution in [-0.4, -0.2) is 20.1 Å². The van der Waals surface area contributed by atoms with Gasteiger partial charge in [-0.15, -0.1) is 0 Å². The van der Waals surface area contributed by atoms with E-state index in [2.05, 4.69) is 48.3 Å². The fourth-order valence-corrected chi connectivity index (χ4v) is 2.19. The smallest absolute Gasteiger partial charge is 0.0414 e. The molecule has 82 valence electrons. The number of hydrogen-bond acceptors (Lipinski definition) is 2. The molecule has 1 heterocycles. The van der Waals surface area contributed by atoms with Crippen LogP contribution >= 0.6 is 0 Å². The van der Waals surface area contributed by atoms with Gasteiger partial charge in [0.2, 0.25) is 0 Å². The van der Waals surface area contributed by atoms with Gasteiger partial charge in [0.15, 0.2) is 0 Å². The van der Waals surface area contributed by atoms with Crippen LogP contribution in [0.1, 0.15) is 25.5 Å². The van der Waals surface area contributed by atoms with E-state index in [9.17, 15) is 0 Å². The van der Waals surface area contributed by atoms with Gasteiger partial charge in [-0.1, -0.05) is 25.1 Å². The number of nitrogens with zero attached hydrogens (tertiary/aromatic N) is 1. The molecule has 1 aliphatic heterocycles. The molecule has 1 atom stereocenters. The Hall–Kier alpha value is -1.02. The Bertz CT molecular complexity index is 329. The van der Waals surface area contributed by atoms with E-state index in [-0.39, 0.29) is 0 Å². The van der Waals surface area contributed by atoms with E-state index in [0.717, 1.165) is 5.92 Å². The summed E-state index contributed by atoms with van der Waals surface area (Å²) in [6, 6.07) is 9.13.